The van der Waals surface area contributed by atoms with E-state index in [9.17, 15) is 18.0 Å². The minimum atomic E-state index is -3.82. The van der Waals surface area contributed by atoms with E-state index in [-0.39, 0.29) is 29.0 Å². The molecule has 3 rings (SSSR count). The molecule has 28 heavy (non-hydrogen) atoms. The Bertz CT molecular complexity index is 969. The van der Waals surface area contributed by atoms with Crippen LogP contribution in [0.2, 0.25) is 0 Å². The average Bonchev–Trinajstić information content (AvgIpc) is 3.49. The number of nitrogens with one attached hydrogen (secondary N) is 2. The molecule has 8 heteroatoms. The second kappa shape index (κ2) is 8.53. The Morgan fingerprint density at radius 1 is 1.11 bits per heavy atom. The fraction of sp³-hybridized carbons (Fsp3) is 0.300. The minimum absolute atomic E-state index is 0.000290. The molecule has 0 aromatic heterocycles. The molecule has 0 atom stereocenters. The summed E-state index contributed by atoms with van der Waals surface area (Å²) in [4.78, 5) is 23.8. The van der Waals surface area contributed by atoms with Gasteiger partial charge in [-0.3, -0.25) is 4.79 Å². The minimum Gasteiger partial charge on any atom is -0.452 e. The number of benzene rings is 2. The lowest BCUT2D eigenvalue weighted by Crippen LogP contribution is -2.30. The van der Waals surface area contributed by atoms with Gasteiger partial charge in [0, 0.05) is 12.6 Å². The number of rotatable bonds is 8. The zero-order valence-corrected chi connectivity index (χ0v) is 16.3. The van der Waals surface area contributed by atoms with E-state index in [2.05, 4.69) is 10.0 Å². The van der Waals surface area contributed by atoms with Crippen LogP contribution in [0.1, 0.15) is 34.3 Å². The van der Waals surface area contributed by atoms with Crippen LogP contribution in [0.5, 0.6) is 0 Å². The highest BCUT2D eigenvalue weighted by Crippen LogP contribution is 2.19. The van der Waals surface area contributed by atoms with Gasteiger partial charge in [0.2, 0.25) is 10.0 Å². The van der Waals surface area contributed by atoms with Crippen molar-refractivity contribution in [1.29, 1.82) is 0 Å². The number of sulfonamides is 1. The van der Waals surface area contributed by atoms with Gasteiger partial charge in [-0.25, -0.2) is 17.9 Å². The SMILES string of the molecule is Cc1ccc(C(=O)OCC(=O)NC2CC2)cc1S(=O)(=O)NCc1ccccc1. The lowest BCUT2D eigenvalue weighted by atomic mass is 10.1. The highest BCUT2D eigenvalue weighted by molar-refractivity contribution is 7.89. The Morgan fingerprint density at radius 2 is 1.82 bits per heavy atom. The first kappa shape index (κ1) is 20.0. The van der Waals surface area contributed by atoms with E-state index >= 15 is 0 Å². The van der Waals surface area contributed by atoms with E-state index in [0.717, 1.165) is 18.4 Å². The molecule has 0 spiro atoms. The van der Waals surface area contributed by atoms with Gasteiger partial charge in [-0.15, -0.1) is 0 Å². The van der Waals surface area contributed by atoms with Crippen LogP contribution in [0.4, 0.5) is 0 Å². The number of carbonyl (C=O) groups excluding carboxylic acids is 2. The van der Waals surface area contributed by atoms with Crippen molar-refractivity contribution in [2.45, 2.75) is 37.2 Å². The Kier molecular flexibility index (Phi) is 6.11. The van der Waals surface area contributed by atoms with Gasteiger partial charge in [0.15, 0.2) is 6.61 Å². The van der Waals surface area contributed by atoms with Crippen molar-refractivity contribution in [3.05, 3.63) is 65.2 Å². The van der Waals surface area contributed by atoms with Crippen molar-refractivity contribution in [3.63, 3.8) is 0 Å². The fourth-order valence-corrected chi connectivity index (χ4v) is 3.87. The molecule has 1 aliphatic rings. The molecule has 2 aromatic rings. The van der Waals surface area contributed by atoms with Crippen LogP contribution in [-0.4, -0.2) is 32.9 Å². The van der Waals surface area contributed by atoms with Crippen LogP contribution in [0, 0.1) is 6.92 Å². The maximum atomic E-state index is 12.7. The smallest absolute Gasteiger partial charge is 0.338 e. The Labute approximate surface area is 164 Å². The lowest BCUT2D eigenvalue weighted by molar-refractivity contribution is -0.124. The molecular formula is C20H22N2O5S. The molecule has 1 saturated carbocycles. The van der Waals surface area contributed by atoms with E-state index in [1.165, 1.54) is 18.2 Å². The summed E-state index contributed by atoms with van der Waals surface area (Å²) in [6.07, 6.45) is 1.88. The quantitative estimate of drug-likeness (QED) is 0.657. The summed E-state index contributed by atoms with van der Waals surface area (Å²) < 4.78 is 32.9. The fourth-order valence-electron chi connectivity index (χ4n) is 2.58. The summed E-state index contributed by atoms with van der Waals surface area (Å²) in [6.45, 7) is 1.39. The summed E-state index contributed by atoms with van der Waals surface area (Å²) in [6, 6.07) is 13.6. The number of aryl methyl sites for hydroxylation is 1. The van der Waals surface area contributed by atoms with Crippen molar-refractivity contribution in [2.75, 3.05) is 6.61 Å². The van der Waals surface area contributed by atoms with Crippen molar-refractivity contribution < 1.29 is 22.7 Å². The van der Waals surface area contributed by atoms with E-state index in [0.29, 0.717) is 5.56 Å². The topological polar surface area (TPSA) is 102 Å². The summed E-state index contributed by atoms with van der Waals surface area (Å²) in [5.41, 5.74) is 1.40. The van der Waals surface area contributed by atoms with E-state index in [1.54, 1.807) is 6.92 Å². The molecule has 0 unspecified atom stereocenters. The third-order valence-corrected chi connectivity index (χ3v) is 5.84. The molecule has 1 fully saturated rings. The number of hydrogen-bond donors (Lipinski definition) is 2. The van der Waals surface area contributed by atoms with Crippen molar-refractivity contribution in [2.24, 2.45) is 0 Å². The molecule has 0 radical (unpaired) electrons. The molecule has 2 aromatic carbocycles. The molecule has 148 valence electrons. The molecule has 1 aliphatic carbocycles. The third kappa shape index (κ3) is 5.40. The Balaban J connectivity index is 1.67. The monoisotopic (exact) mass is 402 g/mol. The zero-order valence-electron chi connectivity index (χ0n) is 15.5. The molecule has 0 heterocycles. The molecule has 0 aliphatic heterocycles. The Morgan fingerprint density at radius 3 is 2.50 bits per heavy atom. The van der Waals surface area contributed by atoms with Gasteiger partial charge in [-0.2, -0.15) is 0 Å². The first-order valence-corrected chi connectivity index (χ1v) is 10.4. The van der Waals surface area contributed by atoms with Gasteiger partial charge >= 0.3 is 5.97 Å². The maximum absolute atomic E-state index is 12.7. The predicted molar refractivity (Wildman–Crippen MR) is 103 cm³/mol. The number of hydrogen-bond acceptors (Lipinski definition) is 5. The standard InChI is InChI=1S/C20H22N2O5S/c1-14-7-8-16(20(24)27-13-19(23)22-17-9-10-17)11-18(14)28(25,26)21-12-15-5-3-2-4-6-15/h2-8,11,17,21H,9-10,12-13H2,1H3,(H,22,23). The van der Waals surface area contributed by atoms with Crippen molar-refractivity contribution in [3.8, 4) is 0 Å². The van der Waals surface area contributed by atoms with Gasteiger partial charge < -0.3 is 10.1 Å². The number of esters is 1. The van der Waals surface area contributed by atoms with Gasteiger partial charge in [0.25, 0.3) is 5.91 Å². The van der Waals surface area contributed by atoms with Crippen LogP contribution in [-0.2, 0) is 26.1 Å². The third-order valence-electron chi connectivity index (χ3n) is 4.30. The molecule has 1 amide bonds. The highest BCUT2D eigenvalue weighted by Gasteiger charge is 2.24. The largest absolute Gasteiger partial charge is 0.452 e. The lowest BCUT2D eigenvalue weighted by Gasteiger charge is -2.11. The Hall–Kier alpha value is -2.71. The zero-order chi connectivity index (χ0) is 20.1. The molecule has 0 saturated heterocycles. The van der Waals surface area contributed by atoms with Crippen LogP contribution < -0.4 is 10.0 Å². The highest BCUT2D eigenvalue weighted by atomic mass is 32.2. The predicted octanol–water partition coefficient (Wildman–Crippen LogP) is 1.91. The summed E-state index contributed by atoms with van der Waals surface area (Å²) in [7, 11) is -3.82. The summed E-state index contributed by atoms with van der Waals surface area (Å²) >= 11 is 0. The first-order chi connectivity index (χ1) is 13.3. The van der Waals surface area contributed by atoms with Gasteiger partial charge in [-0.1, -0.05) is 36.4 Å². The number of amides is 1. The average molecular weight is 402 g/mol. The maximum Gasteiger partial charge on any atom is 0.338 e. The van der Waals surface area contributed by atoms with Crippen molar-refractivity contribution >= 4 is 21.9 Å². The van der Waals surface area contributed by atoms with Crippen LogP contribution in [0.25, 0.3) is 0 Å². The van der Waals surface area contributed by atoms with Crippen LogP contribution in [0.15, 0.2) is 53.4 Å². The summed E-state index contributed by atoms with van der Waals surface area (Å²) in [5, 5.41) is 2.72. The van der Waals surface area contributed by atoms with E-state index in [1.807, 2.05) is 30.3 Å². The van der Waals surface area contributed by atoms with Gasteiger partial charge in [0.1, 0.15) is 0 Å². The molecule has 0 bridgehead atoms. The number of ether oxygens (including phenoxy) is 1. The van der Waals surface area contributed by atoms with Crippen molar-refractivity contribution in [1.82, 2.24) is 10.0 Å². The van der Waals surface area contributed by atoms with Crippen LogP contribution in [0.3, 0.4) is 0 Å². The first-order valence-electron chi connectivity index (χ1n) is 8.96. The van der Waals surface area contributed by atoms with E-state index in [4.69, 9.17) is 4.74 Å². The van der Waals surface area contributed by atoms with Gasteiger partial charge in [0.05, 0.1) is 10.5 Å². The number of carbonyl (C=O) groups is 2. The normalized spacial score (nSPS) is 13.8. The van der Waals surface area contributed by atoms with E-state index < -0.39 is 22.6 Å². The molecule has 2 N–H and O–H groups in total. The second-order valence-electron chi connectivity index (χ2n) is 6.71. The summed E-state index contributed by atoms with van der Waals surface area (Å²) in [5.74, 6) is -1.11. The van der Waals surface area contributed by atoms with Crippen LogP contribution >= 0.6 is 0 Å². The second-order valence-corrected chi connectivity index (χ2v) is 8.44. The molecular weight excluding hydrogens is 380 g/mol. The van der Waals surface area contributed by atoms with Gasteiger partial charge in [-0.05, 0) is 43.0 Å². The molecule has 7 nitrogen and oxygen atoms in total.